The van der Waals surface area contributed by atoms with E-state index in [0.29, 0.717) is 0 Å². The first-order valence-electron chi connectivity index (χ1n) is 9.18. The third-order valence-electron chi connectivity index (χ3n) is 5.59. The molecule has 0 N–H and O–H groups in total. The van der Waals surface area contributed by atoms with Gasteiger partial charge in [-0.15, -0.1) is 0 Å². The van der Waals surface area contributed by atoms with Crippen LogP contribution in [0.2, 0.25) is 0 Å². The van der Waals surface area contributed by atoms with Gasteiger partial charge in [0.2, 0.25) is 0 Å². The molecule has 2 saturated carbocycles. The first kappa shape index (κ1) is 16.7. The van der Waals surface area contributed by atoms with E-state index in [9.17, 15) is 0 Å². The lowest BCUT2D eigenvalue weighted by molar-refractivity contribution is 0.0751. The summed E-state index contributed by atoms with van der Waals surface area (Å²) in [6.07, 6.45) is 17.4. The van der Waals surface area contributed by atoms with Crippen LogP contribution in [0.25, 0.3) is 0 Å². The topological polar surface area (TPSA) is 3.24 Å². The fraction of sp³-hybridized carbons (Fsp3) is 1.00. The van der Waals surface area contributed by atoms with E-state index in [1.54, 1.807) is 0 Å². The molecule has 0 bridgehead atoms. The third kappa shape index (κ3) is 5.26. The summed E-state index contributed by atoms with van der Waals surface area (Å²) in [5.74, 6) is 1.90. The van der Waals surface area contributed by atoms with Crippen LogP contribution in [0.1, 0.15) is 84.0 Å². The van der Waals surface area contributed by atoms with Gasteiger partial charge in [0.15, 0.2) is 0 Å². The van der Waals surface area contributed by atoms with Crippen molar-refractivity contribution >= 4 is 12.6 Å². The summed E-state index contributed by atoms with van der Waals surface area (Å²) in [5.41, 5.74) is 0. The van der Waals surface area contributed by atoms with E-state index in [1.807, 2.05) is 0 Å². The molecule has 0 aromatic carbocycles. The van der Waals surface area contributed by atoms with Crippen molar-refractivity contribution in [2.24, 2.45) is 5.92 Å². The average molecular weight is 298 g/mol. The summed E-state index contributed by atoms with van der Waals surface area (Å²) in [6.45, 7) is 3.76. The highest BCUT2D eigenvalue weighted by atomic mass is 32.1. The fourth-order valence-electron chi connectivity index (χ4n) is 4.22. The Bertz CT molecular complexity index is 226. The summed E-state index contributed by atoms with van der Waals surface area (Å²) in [6, 6.07) is 1.82. The molecule has 2 aliphatic carbocycles. The van der Waals surface area contributed by atoms with Crippen molar-refractivity contribution in [2.75, 3.05) is 12.3 Å². The molecule has 118 valence electrons. The molecule has 0 heterocycles. The largest absolute Gasteiger partial charge is 0.297 e. The molecule has 0 aliphatic heterocycles. The van der Waals surface area contributed by atoms with Crippen molar-refractivity contribution in [1.82, 2.24) is 4.90 Å². The van der Waals surface area contributed by atoms with E-state index in [-0.39, 0.29) is 0 Å². The van der Waals surface area contributed by atoms with Crippen molar-refractivity contribution in [2.45, 2.75) is 96.1 Å². The molecule has 1 nitrogen and oxygen atoms in total. The van der Waals surface area contributed by atoms with Gasteiger partial charge in [-0.2, -0.15) is 12.6 Å². The van der Waals surface area contributed by atoms with Crippen molar-refractivity contribution in [3.05, 3.63) is 0 Å². The Labute approximate surface area is 132 Å². The minimum atomic E-state index is 0.849. The molecular weight excluding hydrogens is 262 g/mol. The van der Waals surface area contributed by atoms with Crippen LogP contribution in [-0.2, 0) is 0 Å². The summed E-state index contributed by atoms with van der Waals surface area (Å²) in [7, 11) is 0. The fourth-order valence-corrected chi connectivity index (χ4v) is 4.66. The Morgan fingerprint density at radius 1 is 0.850 bits per heavy atom. The smallest absolute Gasteiger partial charge is 0.00981 e. The Morgan fingerprint density at radius 2 is 1.35 bits per heavy atom. The van der Waals surface area contributed by atoms with Gasteiger partial charge in [0, 0.05) is 12.1 Å². The monoisotopic (exact) mass is 297 g/mol. The number of thiol groups is 1. The number of rotatable bonds is 7. The molecule has 0 aromatic heterocycles. The first-order chi connectivity index (χ1) is 9.81. The minimum absolute atomic E-state index is 0.849. The van der Waals surface area contributed by atoms with Crippen LogP contribution >= 0.6 is 12.6 Å². The molecule has 1 unspecified atom stereocenters. The van der Waals surface area contributed by atoms with Gasteiger partial charge in [-0.25, -0.2) is 0 Å². The lowest BCUT2D eigenvalue weighted by atomic mass is 9.88. The Kier molecular flexibility index (Phi) is 7.80. The normalized spacial score (nSPS) is 24.1. The van der Waals surface area contributed by atoms with Gasteiger partial charge >= 0.3 is 0 Å². The average Bonchev–Trinajstić information content (AvgIpc) is 2.50. The second-order valence-corrected chi connectivity index (χ2v) is 7.67. The molecule has 0 saturated heterocycles. The van der Waals surface area contributed by atoms with Gasteiger partial charge < -0.3 is 0 Å². The van der Waals surface area contributed by atoms with Gasteiger partial charge in [0.25, 0.3) is 0 Å². The molecule has 20 heavy (non-hydrogen) atoms. The van der Waals surface area contributed by atoms with Gasteiger partial charge in [-0.3, -0.25) is 4.90 Å². The van der Waals surface area contributed by atoms with Crippen LogP contribution in [0.15, 0.2) is 0 Å². The van der Waals surface area contributed by atoms with Crippen LogP contribution in [-0.4, -0.2) is 29.3 Å². The van der Waals surface area contributed by atoms with E-state index in [2.05, 4.69) is 24.5 Å². The van der Waals surface area contributed by atoms with Gasteiger partial charge in [0.1, 0.15) is 0 Å². The SMILES string of the molecule is CC(CCS)CCN(C1CCCCC1)C1CCCCC1. The standard InChI is InChI=1S/C18H35NS/c1-16(13-15-20)12-14-19(17-8-4-2-5-9-17)18-10-6-3-7-11-18/h16-18,20H,2-15H2,1H3. The van der Waals surface area contributed by atoms with E-state index in [1.165, 1.54) is 83.6 Å². The molecule has 0 radical (unpaired) electrons. The maximum Gasteiger partial charge on any atom is 0.00981 e. The molecule has 0 aromatic rings. The molecule has 2 fully saturated rings. The maximum absolute atomic E-state index is 4.39. The number of hydrogen-bond donors (Lipinski definition) is 1. The summed E-state index contributed by atoms with van der Waals surface area (Å²) in [5, 5.41) is 0. The minimum Gasteiger partial charge on any atom is -0.297 e. The highest BCUT2D eigenvalue weighted by Gasteiger charge is 2.28. The molecule has 2 aliphatic rings. The van der Waals surface area contributed by atoms with Crippen LogP contribution in [0.5, 0.6) is 0 Å². The van der Waals surface area contributed by atoms with Crippen LogP contribution in [0.4, 0.5) is 0 Å². The van der Waals surface area contributed by atoms with Crippen LogP contribution < -0.4 is 0 Å². The van der Waals surface area contributed by atoms with Gasteiger partial charge in [-0.1, -0.05) is 45.4 Å². The van der Waals surface area contributed by atoms with Gasteiger partial charge in [0.05, 0.1) is 0 Å². The zero-order valence-electron chi connectivity index (χ0n) is 13.5. The van der Waals surface area contributed by atoms with E-state index >= 15 is 0 Å². The van der Waals surface area contributed by atoms with Gasteiger partial charge in [-0.05, 0) is 56.7 Å². The molecular formula is C18H35NS. The second kappa shape index (κ2) is 9.35. The zero-order chi connectivity index (χ0) is 14.2. The lowest BCUT2D eigenvalue weighted by Gasteiger charge is -2.42. The number of nitrogens with zero attached hydrogens (tertiary/aromatic N) is 1. The quantitative estimate of drug-likeness (QED) is 0.624. The number of hydrogen-bond acceptors (Lipinski definition) is 2. The maximum atomic E-state index is 4.39. The van der Waals surface area contributed by atoms with Crippen LogP contribution in [0, 0.1) is 5.92 Å². The van der Waals surface area contributed by atoms with E-state index in [4.69, 9.17) is 0 Å². The first-order valence-corrected chi connectivity index (χ1v) is 9.81. The van der Waals surface area contributed by atoms with E-state index in [0.717, 1.165) is 23.8 Å². The Morgan fingerprint density at radius 3 is 1.80 bits per heavy atom. The summed E-state index contributed by atoms with van der Waals surface area (Å²) < 4.78 is 0. The lowest BCUT2D eigenvalue weighted by Crippen LogP contribution is -2.46. The van der Waals surface area contributed by atoms with Crippen molar-refractivity contribution in [3.8, 4) is 0 Å². The summed E-state index contributed by atoms with van der Waals surface area (Å²) in [4.78, 5) is 2.95. The molecule has 2 rings (SSSR count). The van der Waals surface area contributed by atoms with Crippen molar-refractivity contribution < 1.29 is 0 Å². The Balaban J connectivity index is 1.88. The van der Waals surface area contributed by atoms with E-state index < -0.39 is 0 Å². The highest BCUT2D eigenvalue weighted by Crippen LogP contribution is 2.30. The highest BCUT2D eigenvalue weighted by molar-refractivity contribution is 7.80. The molecule has 2 heteroatoms. The third-order valence-corrected chi connectivity index (χ3v) is 5.85. The second-order valence-electron chi connectivity index (χ2n) is 7.23. The summed E-state index contributed by atoms with van der Waals surface area (Å²) >= 11 is 4.39. The predicted octanol–water partition coefficient (Wildman–Crippen LogP) is 5.30. The molecule has 0 spiro atoms. The molecule has 0 amide bonds. The zero-order valence-corrected chi connectivity index (χ0v) is 14.4. The van der Waals surface area contributed by atoms with Crippen molar-refractivity contribution in [1.29, 1.82) is 0 Å². The van der Waals surface area contributed by atoms with Crippen LogP contribution in [0.3, 0.4) is 0 Å². The Hall–Kier alpha value is 0.310. The van der Waals surface area contributed by atoms with Crippen molar-refractivity contribution in [3.63, 3.8) is 0 Å². The predicted molar refractivity (Wildman–Crippen MR) is 92.7 cm³/mol. The molecule has 1 atom stereocenters.